The van der Waals surface area contributed by atoms with Gasteiger partial charge in [-0.1, -0.05) is 24.3 Å². The minimum atomic E-state index is -4.01. The van der Waals surface area contributed by atoms with Crippen LogP contribution >= 0.6 is 0 Å². The quantitative estimate of drug-likeness (QED) is 0.538. The molecule has 2 amide bonds. The summed E-state index contributed by atoms with van der Waals surface area (Å²) in [6, 6.07) is 11.9. The molecule has 1 heterocycles. The van der Waals surface area contributed by atoms with Gasteiger partial charge in [0.25, 0.3) is 5.91 Å². The van der Waals surface area contributed by atoms with Crippen molar-refractivity contribution in [1.29, 1.82) is 0 Å². The van der Waals surface area contributed by atoms with Crippen molar-refractivity contribution in [1.82, 2.24) is 9.79 Å². The summed E-state index contributed by atoms with van der Waals surface area (Å²) >= 11 is 0. The standard InChI is InChI=1S/C18H19N3O5S/c1-12(22)19-15-6-8-16(9-7-15)27(25,26)21-11-14-5-3-2-4-13(14)10-17(21)18(23)20-24/h2-9,17,24H,10-11H2,1H3,(H,19,22)(H,20,23). The van der Waals surface area contributed by atoms with E-state index in [0.29, 0.717) is 5.69 Å². The number of anilines is 1. The number of hydroxylamine groups is 1. The third-order valence-corrected chi connectivity index (χ3v) is 6.27. The van der Waals surface area contributed by atoms with Crippen LogP contribution in [0, 0.1) is 0 Å². The van der Waals surface area contributed by atoms with Crippen molar-refractivity contribution in [3.63, 3.8) is 0 Å². The zero-order chi connectivity index (χ0) is 19.6. The molecule has 0 saturated heterocycles. The smallest absolute Gasteiger partial charge is 0.262 e. The van der Waals surface area contributed by atoms with Gasteiger partial charge in [-0.2, -0.15) is 4.31 Å². The Morgan fingerprint density at radius 3 is 2.30 bits per heavy atom. The Morgan fingerprint density at radius 1 is 1.07 bits per heavy atom. The summed E-state index contributed by atoms with van der Waals surface area (Å²) in [6.07, 6.45) is 0.159. The number of fused-ring (bicyclic) bond motifs is 1. The average Bonchev–Trinajstić information content (AvgIpc) is 2.66. The highest BCUT2D eigenvalue weighted by molar-refractivity contribution is 7.89. The van der Waals surface area contributed by atoms with Gasteiger partial charge in [-0.25, -0.2) is 13.9 Å². The second-order valence-corrected chi connectivity index (χ2v) is 8.11. The van der Waals surface area contributed by atoms with Crippen molar-refractivity contribution in [2.75, 3.05) is 5.32 Å². The van der Waals surface area contributed by atoms with Crippen molar-refractivity contribution in [3.05, 3.63) is 59.7 Å². The molecule has 8 nitrogen and oxygen atoms in total. The number of carbonyl (C=O) groups is 2. The Kier molecular flexibility index (Phi) is 5.26. The summed E-state index contributed by atoms with van der Waals surface area (Å²) in [4.78, 5) is 23.2. The second-order valence-electron chi connectivity index (χ2n) is 6.22. The third kappa shape index (κ3) is 3.85. The minimum Gasteiger partial charge on any atom is -0.326 e. The number of carbonyl (C=O) groups excluding carboxylic acids is 2. The molecule has 2 aromatic carbocycles. The summed E-state index contributed by atoms with van der Waals surface area (Å²) in [5.41, 5.74) is 3.69. The van der Waals surface area contributed by atoms with Crippen LogP contribution in [0.15, 0.2) is 53.4 Å². The van der Waals surface area contributed by atoms with Gasteiger partial charge in [0.15, 0.2) is 0 Å². The van der Waals surface area contributed by atoms with Gasteiger partial charge in [0.2, 0.25) is 15.9 Å². The average molecular weight is 389 g/mol. The Bertz CT molecular complexity index is 973. The van der Waals surface area contributed by atoms with E-state index < -0.39 is 22.0 Å². The molecule has 0 radical (unpaired) electrons. The molecule has 0 spiro atoms. The Labute approximate surface area is 156 Å². The van der Waals surface area contributed by atoms with Crippen molar-refractivity contribution in [3.8, 4) is 0 Å². The lowest BCUT2D eigenvalue weighted by atomic mass is 9.95. The van der Waals surface area contributed by atoms with E-state index >= 15 is 0 Å². The van der Waals surface area contributed by atoms with E-state index in [4.69, 9.17) is 5.21 Å². The number of nitrogens with one attached hydrogen (secondary N) is 2. The first-order chi connectivity index (χ1) is 12.8. The predicted octanol–water partition coefficient (Wildman–Crippen LogP) is 1.27. The molecule has 0 saturated carbocycles. The van der Waals surface area contributed by atoms with E-state index in [1.165, 1.54) is 31.2 Å². The number of nitrogens with zero attached hydrogens (tertiary/aromatic N) is 1. The molecule has 2 aromatic rings. The molecule has 0 aliphatic carbocycles. The van der Waals surface area contributed by atoms with Gasteiger partial charge in [-0.05, 0) is 41.8 Å². The lowest BCUT2D eigenvalue weighted by Crippen LogP contribution is -2.51. The summed E-state index contributed by atoms with van der Waals surface area (Å²) < 4.78 is 27.4. The SMILES string of the molecule is CC(=O)Nc1ccc(S(=O)(=O)N2Cc3ccccc3CC2C(=O)NO)cc1. The zero-order valence-electron chi connectivity index (χ0n) is 14.5. The third-order valence-electron chi connectivity index (χ3n) is 4.40. The van der Waals surface area contributed by atoms with Gasteiger partial charge >= 0.3 is 0 Å². The van der Waals surface area contributed by atoms with Crippen LogP contribution in [0.3, 0.4) is 0 Å². The van der Waals surface area contributed by atoms with Crippen molar-refractivity contribution in [2.45, 2.75) is 30.8 Å². The van der Waals surface area contributed by atoms with Crippen molar-refractivity contribution >= 4 is 27.5 Å². The van der Waals surface area contributed by atoms with E-state index in [9.17, 15) is 18.0 Å². The van der Waals surface area contributed by atoms with Crippen LogP contribution < -0.4 is 10.8 Å². The second kappa shape index (κ2) is 7.47. The number of amides is 2. The maximum absolute atomic E-state index is 13.1. The van der Waals surface area contributed by atoms with Crippen LogP contribution in [0.4, 0.5) is 5.69 Å². The van der Waals surface area contributed by atoms with E-state index in [0.717, 1.165) is 15.4 Å². The molecular weight excluding hydrogens is 370 g/mol. The molecule has 0 fully saturated rings. The number of hydrogen-bond acceptors (Lipinski definition) is 5. The molecule has 142 valence electrons. The van der Waals surface area contributed by atoms with Gasteiger partial charge in [-0.3, -0.25) is 14.8 Å². The van der Waals surface area contributed by atoms with Gasteiger partial charge < -0.3 is 5.32 Å². The van der Waals surface area contributed by atoms with E-state index in [1.807, 2.05) is 18.2 Å². The van der Waals surface area contributed by atoms with Gasteiger partial charge in [0.1, 0.15) is 6.04 Å². The highest BCUT2D eigenvalue weighted by atomic mass is 32.2. The molecule has 1 atom stereocenters. The molecule has 0 bridgehead atoms. The van der Waals surface area contributed by atoms with E-state index in [-0.39, 0.29) is 23.8 Å². The van der Waals surface area contributed by atoms with E-state index in [2.05, 4.69) is 5.32 Å². The summed E-state index contributed by atoms with van der Waals surface area (Å²) in [5, 5.41) is 11.6. The van der Waals surface area contributed by atoms with Gasteiger partial charge in [0, 0.05) is 19.2 Å². The van der Waals surface area contributed by atoms with E-state index in [1.54, 1.807) is 11.5 Å². The van der Waals surface area contributed by atoms with Crippen LogP contribution in [-0.2, 0) is 32.6 Å². The molecule has 1 aliphatic rings. The Morgan fingerprint density at radius 2 is 1.70 bits per heavy atom. The molecule has 9 heteroatoms. The fourth-order valence-corrected chi connectivity index (χ4v) is 4.66. The highest BCUT2D eigenvalue weighted by Crippen LogP contribution is 2.29. The maximum atomic E-state index is 13.1. The topological polar surface area (TPSA) is 116 Å². The molecule has 0 aromatic heterocycles. The summed E-state index contributed by atoms with van der Waals surface area (Å²) in [6.45, 7) is 1.37. The maximum Gasteiger partial charge on any atom is 0.262 e. The predicted molar refractivity (Wildman–Crippen MR) is 97.3 cm³/mol. The first kappa shape index (κ1) is 19.0. The first-order valence-electron chi connectivity index (χ1n) is 8.23. The largest absolute Gasteiger partial charge is 0.326 e. The van der Waals surface area contributed by atoms with Crippen molar-refractivity contribution < 1.29 is 23.2 Å². The number of sulfonamides is 1. The number of rotatable bonds is 4. The van der Waals surface area contributed by atoms with Crippen LogP contribution in [0.1, 0.15) is 18.1 Å². The van der Waals surface area contributed by atoms with Crippen LogP contribution in [0.2, 0.25) is 0 Å². The summed E-state index contributed by atoms with van der Waals surface area (Å²) in [7, 11) is -4.01. The Balaban J connectivity index is 1.97. The van der Waals surface area contributed by atoms with Crippen LogP contribution in [0.25, 0.3) is 0 Å². The number of benzene rings is 2. The molecule has 1 aliphatic heterocycles. The van der Waals surface area contributed by atoms with Gasteiger partial charge in [-0.15, -0.1) is 0 Å². The molecule has 3 N–H and O–H groups in total. The molecule has 27 heavy (non-hydrogen) atoms. The normalized spacial score (nSPS) is 17.0. The fraction of sp³-hybridized carbons (Fsp3) is 0.222. The lowest BCUT2D eigenvalue weighted by molar-refractivity contribution is -0.133. The van der Waals surface area contributed by atoms with Crippen LogP contribution in [-0.4, -0.2) is 35.8 Å². The van der Waals surface area contributed by atoms with Crippen LogP contribution in [0.5, 0.6) is 0 Å². The molecule has 3 rings (SSSR count). The monoisotopic (exact) mass is 389 g/mol. The molecule has 1 unspecified atom stereocenters. The lowest BCUT2D eigenvalue weighted by Gasteiger charge is -2.34. The summed E-state index contributed by atoms with van der Waals surface area (Å²) in [5.74, 6) is -1.05. The minimum absolute atomic E-state index is 0.00766. The molecular formula is C18H19N3O5S. The fourth-order valence-electron chi connectivity index (χ4n) is 3.10. The van der Waals surface area contributed by atoms with Crippen molar-refractivity contribution in [2.24, 2.45) is 0 Å². The first-order valence-corrected chi connectivity index (χ1v) is 9.67. The highest BCUT2D eigenvalue weighted by Gasteiger charge is 2.39. The number of hydrogen-bond donors (Lipinski definition) is 3. The van der Waals surface area contributed by atoms with Gasteiger partial charge in [0.05, 0.1) is 4.90 Å². The Hall–Kier alpha value is -2.75. The zero-order valence-corrected chi connectivity index (χ0v) is 15.4.